The van der Waals surface area contributed by atoms with Crippen LogP contribution in [0.3, 0.4) is 0 Å². The molecule has 0 unspecified atom stereocenters. The average Bonchev–Trinajstić information content (AvgIpc) is 2.98. The third kappa shape index (κ3) is 3.46. The number of para-hydroxylation sites is 1. The first-order chi connectivity index (χ1) is 13.0. The lowest BCUT2D eigenvalue weighted by molar-refractivity contribution is -0.115. The van der Waals surface area contributed by atoms with E-state index in [4.69, 9.17) is 21.9 Å². The summed E-state index contributed by atoms with van der Waals surface area (Å²) in [5.41, 5.74) is 4.70. The van der Waals surface area contributed by atoms with Gasteiger partial charge in [-0.1, -0.05) is 48.2 Å². The standard InChI is InChI=1S/C21H16N2O2S2/c1-12-9-17(22-16-6-4-3-5-14(12)16)15-10-13(7-8-18(15)25-2)11-19-20(24)23-21(26)27-19/h3-11H,1-2H3,(H,23,24,26). The van der Waals surface area contributed by atoms with Crippen LogP contribution in [0.5, 0.6) is 5.75 Å². The predicted octanol–water partition coefficient (Wildman–Crippen LogP) is 4.71. The zero-order valence-electron chi connectivity index (χ0n) is 14.8. The summed E-state index contributed by atoms with van der Waals surface area (Å²) >= 11 is 6.32. The summed E-state index contributed by atoms with van der Waals surface area (Å²) in [5.74, 6) is 0.570. The van der Waals surface area contributed by atoms with E-state index >= 15 is 0 Å². The molecule has 1 aromatic heterocycles. The zero-order valence-corrected chi connectivity index (χ0v) is 16.4. The third-order valence-corrected chi connectivity index (χ3v) is 5.52. The van der Waals surface area contributed by atoms with Crippen LogP contribution in [0, 0.1) is 6.92 Å². The van der Waals surface area contributed by atoms with Gasteiger partial charge < -0.3 is 10.1 Å². The van der Waals surface area contributed by atoms with Gasteiger partial charge in [0, 0.05) is 10.9 Å². The van der Waals surface area contributed by atoms with E-state index in [1.165, 1.54) is 11.8 Å². The van der Waals surface area contributed by atoms with Crippen molar-refractivity contribution in [3.8, 4) is 17.0 Å². The quantitative estimate of drug-likeness (QED) is 0.517. The van der Waals surface area contributed by atoms with Crippen molar-refractivity contribution in [2.45, 2.75) is 6.92 Å². The minimum Gasteiger partial charge on any atom is -0.496 e. The van der Waals surface area contributed by atoms with Crippen molar-refractivity contribution in [2.75, 3.05) is 7.11 Å². The number of aryl methyl sites for hydroxylation is 1. The molecule has 27 heavy (non-hydrogen) atoms. The number of hydrogen-bond donors (Lipinski definition) is 1. The number of thiocarbonyl (C=S) groups is 1. The van der Waals surface area contributed by atoms with Gasteiger partial charge in [-0.25, -0.2) is 4.98 Å². The Labute approximate surface area is 166 Å². The lowest BCUT2D eigenvalue weighted by Gasteiger charge is -2.11. The van der Waals surface area contributed by atoms with Gasteiger partial charge in [-0.3, -0.25) is 4.79 Å². The Kier molecular flexibility index (Phi) is 4.68. The Morgan fingerprint density at radius 1 is 1.19 bits per heavy atom. The second-order valence-corrected chi connectivity index (χ2v) is 7.87. The lowest BCUT2D eigenvalue weighted by atomic mass is 10.0. The van der Waals surface area contributed by atoms with Gasteiger partial charge in [-0.2, -0.15) is 0 Å². The maximum Gasteiger partial charge on any atom is 0.263 e. The lowest BCUT2D eigenvalue weighted by Crippen LogP contribution is -2.17. The predicted molar refractivity (Wildman–Crippen MR) is 115 cm³/mol. The molecule has 1 aliphatic heterocycles. The number of amides is 1. The van der Waals surface area contributed by atoms with E-state index in [9.17, 15) is 4.79 Å². The molecule has 0 bridgehead atoms. The van der Waals surface area contributed by atoms with E-state index in [0.717, 1.165) is 39.0 Å². The van der Waals surface area contributed by atoms with Crippen molar-refractivity contribution in [2.24, 2.45) is 0 Å². The normalized spacial score (nSPS) is 15.4. The minimum absolute atomic E-state index is 0.165. The number of aromatic nitrogens is 1. The molecule has 0 atom stereocenters. The van der Waals surface area contributed by atoms with Crippen molar-refractivity contribution in [1.82, 2.24) is 10.3 Å². The summed E-state index contributed by atoms with van der Waals surface area (Å²) in [5, 5.41) is 3.76. The zero-order chi connectivity index (χ0) is 19.0. The molecule has 4 nitrogen and oxygen atoms in total. The SMILES string of the molecule is COc1ccc(C=C2SC(=S)NC2=O)cc1-c1cc(C)c2ccccc2n1. The summed E-state index contributed by atoms with van der Waals surface area (Å²) < 4.78 is 6.03. The van der Waals surface area contributed by atoms with Crippen molar-refractivity contribution in [3.63, 3.8) is 0 Å². The summed E-state index contributed by atoms with van der Waals surface area (Å²) in [4.78, 5) is 17.3. The van der Waals surface area contributed by atoms with Crippen LogP contribution >= 0.6 is 24.0 Å². The van der Waals surface area contributed by atoms with Crippen molar-refractivity contribution in [3.05, 3.63) is 64.6 Å². The van der Waals surface area contributed by atoms with Crippen molar-refractivity contribution < 1.29 is 9.53 Å². The molecule has 4 rings (SSSR count). The molecule has 1 amide bonds. The number of nitrogens with one attached hydrogen (secondary N) is 1. The average molecular weight is 393 g/mol. The molecule has 0 saturated carbocycles. The van der Waals surface area contributed by atoms with Crippen LogP contribution in [0.2, 0.25) is 0 Å². The summed E-state index contributed by atoms with van der Waals surface area (Å²) in [6.45, 7) is 2.08. The number of carbonyl (C=O) groups is 1. The van der Waals surface area contributed by atoms with Crippen LogP contribution in [-0.4, -0.2) is 22.3 Å². The molecular weight excluding hydrogens is 376 g/mol. The summed E-state index contributed by atoms with van der Waals surface area (Å²) in [6, 6.07) is 15.9. The molecule has 0 aliphatic carbocycles. The smallest absolute Gasteiger partial charge is 0.263 e. The van der Waals surface area contributed by atoms with Gasteiger partial charge in [0.2, 0.25) is 0 Å². The van der Waals surface area contributed by atoms with Gasteiger partial charge in [-0.15, -0.1) is 0 Å². The van der Waals surface area contributed by atoms with Crippen LogP contribution in [0.25, 0.3) is 28.2 Å². The third-order valence-electron chi connectivity index (χ3n) is 4.36. The van der Waals surface area contributed by atoms with E-state index in [0.29, 0.717) is 9.23 Å². The van der Waals surface area contributed by atoms with Gasteiger partial charge in [-0.05, 0) is 48.4 Å². The molecule has 1 saturated heterocycles. The topological polar surface area (TPSA) is 51.2 Å². The molecule has 1 N–H and O–H groups in total. The number of hydrogen-bond acceptors (Lipinski definition) is 5. The summed E-state index contributed by atoms with van der Waals surface area (Å²) in [7, 11) is 1.64. The van der Waals surface area contributed by atoms with Crippen LogP contribution in [0.4, 0.5) is 0 Å². The second-order valence-electron chi connectivity index (χ2n) is 6.15. The Bertz CT molecular complexity index is 1120. The highest BCUT2D eigenvalue weighted by Gasteiger charge is 2.22. The number of ether oxygens (including phenoxy) is 1. The maximum absolute atomic E-state index is 11.9. The molecule has 0 radical (unpaired) electrons. The molecule has 2 aromatic carbocycles. The van der Waals surface area contributed by atoms with E-state index in [-0.39, 0.29) is 5.91 Å². The molecule has 0 spiro atoms. The second kappa shape index (κ2) is 7.13. The van der Waals surface area contributed by atoms with E-state index < -0.39 is 0 Å². The number of carbonyl (C=O) groups excluding carboxylic acids is 1. The van der Waals surface area contributed by atoms with Crippen LogP contribution in [0.1, 0.15) is 11.1 Å². The number of benzene rings is 2. The first-order valence-electron chi connectivity index (χ1n) is 8.35. The number of rotatable bonds is 3. The van der Waals surface area contributed by atoms with Gasteiger partial charge in [0.25, 0.3) is 5.91 Å². The number of nitrogens with zero attached hydrogens (tertiary/aromatic N) is 1. The van der Waals surface area contributed by atoms with Crippen LogP contribution in [0.15, 0.2) is 53.4 Å². The minimum atomic E-state index is -0.165. The highest BCUT2D eigenvalue weighted by molar-refractivity contribution is 8.26. The molecule has 3 aromatic rings. The molecule has 1 fully saturated rings. The van der Waals surface area contributed by atoms with Gasteiger partial charge >= 0.3 is 0 Å². The van der Waals surface area contributed by atoms with Gasteiger partial charge in [0.1, 0.15) is 10.1 Å². The molecule has 2 heterocycles. The monoisotopic (exact) mass is 392 g/mol. The maximum atomic E-state index is 11.9. The van der Waals surface area contributed by atoms with Gasteiger partial charge in [0.15, 0.2) is 0 Å². The van der Waals surface area contributed by atoms with Crippen molar-refractivity contribution >= 4 is 51.2 Å². The largest absolute Gasteiger partial charge is 0.496 e. The fraction of sp³-hybridized carbons (Fsp3) is 0.0952. The Morgan fingerprint density at radius 2 is 2.00 bits per heavy atom. The number of methoxy groups -OCH3 is 1. The molecular formula is C21H16N2O2S2. The van der Waals surface area contributed by atoms with Gasteiger partial charge in [0.05, 0.1) is 23.2 Å². The van der Waals surface area contributed by atoms with Crippen molar-refractivity contribution in [1.29, 1.82) is 0 Å². The number of fused-ring (bicyclic) bond motifs is 1. The molecule has 6 heteroatoms. The van der Waals surface area contributed by atoms with Crippen LogP contribution < -0.4 is 10.1 Å². The first kappa shape index (κ1) is 17.7. The fourth-order valence-electron chi connectivity index (χ4n) is 3.08. The Morgan fingerprint density at radius 3 is 2.74 bits per heavy atom. The van der Waals surface area contributed by atoms with E-state index in [1.807, 2.05) is 42.5 Å². The van der Waals surface area contributed by atoms with Crippen LogP contribution in [-0.2, 0) is 4.79 Å². The summed E-state index contributed by atoms with van der Waals surface area (Å²) in [6.07, 6.45) is 1.83. The van der Waals surface area contributed by atoms with E-state index in [2.05, 4.69) is 24.4 Å². The Balaban J connectivity index is 1.84. The van der Waals surface area contributed by atoms with E-state index in [1.54, 1.807) is 7.11 Å². The molecule has 134 valence electrons. The number of thioether (sulfide) groups is 1. The molecule has 1 aliphatic rings. The Hall–Kier alpha value is -2.70. The number of pyridine rings is 1. The highest BCUT2D eigenvalue weighted by atomic mass is 32.2. The highest BCUT2D eigenvalue weighted by Crippen LogP contribution is 2.34. The fourth-order valence-corrected chi connectivity index (χ4v) is 4.12. The first-order valence-corrected chi connectivity index (χ1v) is 9.57.